The largest absolute Gasteiger partial charge is 0.383 e. The van der Waals surface area contributed by atoms with E-state index < -0.39 is 5.60 Å². The van der Waals surface area contributed by atoms with E-state index >= 15 is 0 Å². The third kappa shape index (κ3) is 1.65. The van der Waals surface area contributed by atoms with Crippen molar-refractivity contribution in [1.82, 2.24) is 0 Å². The summed E-state index contributed by atoms with van der Waals surface area (Å²) in [4.78, 5) is 0. The molecular weight excluding hydrogens is 248 g/mol. The molecule has 17 heavy (non-hydrogen) atoms. The molecule has 1 N–H and O–H groups in total. The number of fused-ring (bicyclic) bond motifs is 1. The third-order valence-corrected chi connectivity index (χ3v) is 8.31. The second kappa shape index (κ2) is 4.21. The Morgan fingerprint density at radius 1 is 1.35 bits per heavy atom. The standard InChI is InChI=1S/C14H22OS2/c1-3-11-13(2)6-5-10(13)9-14(11,15)12-16-7-4-8-17-12/h3,10,12,15H,4-9H2,1-2H3/t10-,13+,14+/m1/s1. The van der Waals surface area contributed by atoms with Gasteiger partial charge in [0.1, 0.15) is 5.60 Å². The maximum atomic E-state index is 11.2. The number of hydrogen-bond donors (Lipinski definition) is 1. The van der Waals surface area contributed by atoms with Gasteiger partial charge >= 0.3 is 0 Å². The summed E-state index contributed by atoms with van der Waals surface area (Å²) < 4.78 is 0.380. The Bertz CT molecular complexity index is 348. The van der Waals surface area contributed by atoms with Crippen molar-refractivity contribution in [2.24, 2.45) is 11.3 Å². The first-order valence-corrected chi connectivity index (χ1v) is 8.84. The molecule has 0 radical (unpaired) electrons. The van der Waals surface area contributed by atoms with Crippen LogP contribution in [0, 0.1) is 11.3 Å². The Morgan fingerprint density at radius 3 is 2.59 bits per heavy atom. The van der Waals surface area contributed by atoms with Crippen LogP contribution in [0.4, 0.5) is 0 Å². The summed E-state index contributed by atoms with van der Waals surface area (Å²) in [6, 6.07) is 0. The van der Waals surface area contributed by atoms with Gasteiger partial charge in [-0.1, -0.05) is 13.0 Å². The van der Waals surface area contributed by atoms with Crippen LogP contribution < -0.4 is 0 Å². The zero-order valence-electron chi connectivity index (χ0n) is 10.7. The molecule has 1 nitrogen and oxygen atoms in total. The fourth-order valence-corrected chi connectivity index (χ4v) is 7.20. The van der Waals surface area contributed by atoms with E-state index in [2.05, 4.69) is 19.9 Å². The molecule has 1 saturated heterocycles. The van der Waals surface area contributed by atoms with Gasteiger partial charge in [-0.25, -0.2) is 0 Å². The van der Waals surface area contributed by atoms with E-state index in [4.69, 9.17) is 0 Å². The Morgan fingerprint density at radius 2 is 2.06 bits per heavy atom. The van der Waals surface area contributed by atoms with Gasteiger partial charge in [0.15, 0.2) is 0 Å². The summed E-state index contributed by atoms with van der Waals surface area (Å²) >= 11 is 3.96. The van der Waals surface area contributed by atoms with E-state index in [1.807, 2.05) is 23.5 Å². The van der Waals surface area contributed by atoms with Crippen LogP contribution in [-0.2, 0) is 0 Å². The van der Waals surface area contributed by atoms with Gasteiger partial charge in [0.2, 0.25) is 0 Å². The highest BCUT2D eigenvalue weighted by Gasteiger charge is 2.62. The van der Waals surface area contributed by atoms with Gasteiger partial charge in [0.25, 0.3) is 0 Å². The smallest absolute Gasteiger partial charge is 0.107 e. The lowest BCUT2D eigenvalue weighted by molar-refractivity contribution is 0.0895. The molecule has 3 fully saturated rings. The summed E-state index contributed by atoms with van der Waals surface area (Å²) in [5.74, 6) is 3.18. The van der Waals surface area contributed by atoms with Crippen molar-refractivity contribution in [3.8, 4) is 0 Å². The molecule has 0 bridgehead atoms. The number of hydrogen-bond acceptors (Lipinski definition) is 3. The number of allylic oxidation sites excluding steroid dienone is 1. The van der Waals surface area contributed by atoms with Gasteiger partial charge in [0.05, 0.1) is 4.58 Å². The monoisotopic (exact) mass is 270 g/mol. The maximum Gasteiger partial charge on any atom is 0.107 e. The van der Waals surface area contributed by atoms with Crippen molar-refractivity contribution in [1.29, 1.82) is 0 Å². The Hall–Kier alpha value is 0.400. The minimum atomic E-state index is -0.513. The molecule has 0 aromatic rings. The lowest BCUT2D eigenvalue weighted by atomic mass is 9.61. The Balaban J connectivity index is 1.91. The molecule has 0 aromatic heterocycles. The molecule has 0 spiro atoms. The molecule has 3 rings (SSSR count). The summed E-state index contributed by atoms with van der Waals surface area (Å²) in [6.07, 6.45) is 7.12. The van der Waals surface area contributed by atoms with Crippen LogP contribution in [0.25, 0.3) is 0 Å². The molecule has 2 saturated carbocycles. The number of rotatable bonds is 1. The van der Waals surface area contributed by atoms with Crippen molar-refractivity contribution < 1.29 is 5.11 Å². The Labute approximate surface area is 113 Å². The molecular formula is C14H22OS2. The third-order valence-electron chi connectivity index (χ3n) is 5.06. The van der Waals surface area contributed by atoms with Gasteiger partial charge in [-0.2, -0.15) is 0 Å². The normalized spacial score (nSPS) is 49.1. The molecule has 0 unspecified atom stereocenters. The van der Waals surface area contributed by atoms with E-state index in [0.29, 0.717) is 10.00 Å². The Kier molecular flexibility index (Phi) is 3.08. The van der Waals surface area contributed by atoms with Crippen molar-refractivity contribution in [3.63, 3.8) is 0 Å². The summed E-state index contributed by atoms with van der Waals surface area (Å²) in [5.41, 5.74) is 1.16. The summed E-state index contributed by atoms with van der Waals surface area (Å²) in [6.45, 7) is 4.48. The zero-order valence-corrected chi connectivity index (χ0v) is 12.4. The first kappa shape index (κ1) is 12.4. The summed E-state index contributed by atoms with van der Waals surface area (Å²) in [5, 5.41) is 11.2. The average molecular weight is 270 g/mol. The predicted octanol–water partition coefficient (Wildman–Crippen LogP) is 3.68. The van der Waals surface area contributed by atoms with E-state index in [1.165, 1.54) is 36.3 Å². The molecule has 3 atom stereocenters. The van der Waals surface area contributed by atoms with E-state index in [1.54, 1.807) is 0 Å². The van der Waals surface area contributed by atoms with E-state index in [0.717, 1.165) is 12.3 Å². The van der Waals surface area contributed by atoms with E-state index in [-0.39, 0.29) is 0 Å². The topological polar surface area (TPSA) is 20.2 Å². The van der Waals surface area contributed by atoms with Crippen LogP contribution in [0.15, 0.2) is 11.6 Å². The average Bonchev–Trinajstić information content (AvgIpc) is 2.50. The lowest BCUT2D eigenvalue weighted by Gasteiger charge is -2.44. The van der Waals surface area contributed by atoms with Crippen LogP contribution >= 0.6 is 23.5 Å². The molecule has 1 aliphatic heterocycles. The van der Waals surface area contributed by atoms with E-state index in [9.17, 15) is 5.11 Å². The van der Waals surface area contributed by atoms with Crippen LogP contribution in [-0.4, -0.2) is 26.8 Å². The minimum Gasteiger partial charge on any atom is -0.383 e. The number of thioether (sulfide) groups is 2. The molecule has 3 aliphatic rings. The van der Waals surface area contributed by atoms with Gasteiger partial charge < -0.3 is 5.11 Å². The molecule has 0 aromatic carbocycles. The van der Waals surface area contributed by atoms with Gasteiger partial charge in [-0.3, -0.25) is 0 Å². The van der Waals surface area contributed by atoms with Gasteiger partial charge in [-0.05, 0) is 61.0 Å². The van der Waals surface area contributed by atoms with Crippen molar-refractivity contribution >= 4 is 23.5 Å². The van der Waals surface area contributed by atoms with Gasteiger partial charge in [0, 0.05) is 0 Å². The first-order chi connectivity index (χ1) is 8.11. The molecule has 3 heteroatoms. The first-order valence-electron chi connectivity index (χ1n) is 6.74. The second-order valence-corrected chi connectivity index (χ2v) is 8.64. The highest BCUT2D eigenvalue weighted by molar-refractivity contribution is 8.17. The lowest BCUT2D eigenvalue weighted by Crippen LogP contribution is -2.41. The summed E-state index contributed by atoms with van der Waals surface area (Å²) in [7, 11) is 0. The number of aliphatic hydroxyl groups is 1. The van der Waals surface area contributed by atoms with Gasteiger partial charge in [-0.15, -0.1) is 23.5 Å². The van der Waals surface area contributed by atoms with Crippen LogP contribution in [0.3, 0.4) is 0 Å². The fourth-order valence-electron chi connectivity index (χ4n) is 4.01. The predicted molar refractivity (Wildman–Crippen MR) is 77.5 cm³/mol. The quantitative estimate of drug-likeness (QED) is 0.734. The second-order valence-electron chi connectivity index (χ2n) is 5.91. The highest BCUT2D eigenvalue weighted by Crippen LogP contribution is 2.66. The van der Waals surface area contributed by atoms with Crippen molar-refractivity contribution in [3.05, 3.63) is 11.6 Å². The van der Waals surface area contributed by atoms with Crippen molar-refractivity contribution in [2.45, 2.75) is 49.7 Å². The fraction of sp³-hybridized carbons (Fsp3) is 0.857. The van der Waals surface area contributed by atoms with Crippen molar-refractivity contribution in [2.75, 3.05) is 11.5 Å². The highest BCUT2D eigenvalue weighted by atomic mass is 32.2. The minimum absolute atomic E-state index is 0.321. The van der Waals surface area contributed by atoms with Crippen LogP contribution in [0.1, 0.15) is 39.5 Å². The SMILES string of the molecule is CC=C1[C@](O)(C2SCCCS2)C[C@H]2CC[C@]12C. The molecule has 96 valence electrons. The van der Waals surface area contributed by atoms with Crippen LogP contribution in [0.5, 0.6) is 0 Å². The molecule has 0 amide bonds. The molecule has 2 aliphatic carbocycles. The zero-order chi connectivity index (χ0) is 12.1. The molecule has 1 heterocycles. The van der Waals surface area contributed by atoms with Crippen LogP contribution in [0.2, 0.25) is 0 Å². The maximum absolute atomic E-state index is 11.2.